The molecule has 0 aromatic rings. The van der Waals surface area contributed by atoms with Crippen LogP contribution in [0.25, 0.3) is 0 Å². The van der Waals surface area contributed by atoms with Crippen molar-refractivity contribution in [2.24, 2.45) is 0 Å². The number of rotatable bonds is 5. The highest BCUT2D eigenvalue weighted by atomic mass is 19.4. The smallest absolute Gasteiger partial charge is 0.393 e. The van der Waals surface area contributed by atoms with Crippen LogP contribution in [0.5, 0.6) is 0 Å². The fraction of sp³-hybridized carbons (Fsp3) is 1.00. The van der Waals surface area contributed by atoms with Gasteiger partial charge in [-0.3, -0.25) is 4.90 Å². The van der Waals surface area contributed by atoms with Gasteiger partial charge < -0.3 is 5.11 Å². The molecule has 5 heteroatoms. The van der Waals surface area contributed by atoms with E-state index in [4.69, 9.17) is 5.11 Å². The van der Waals surface area contributed by atoms with Crippen LogP contribution in [0.4, 0.5) is 13.2 Å². The van der Waals surface area contributed by atoms with Gasteiger partial charge in [0, 0.05) is 12.6 Å². The molecule has 0 fully saturated rings. The molecule has 1 atom stereocenters. The molecule has 0 amide bonds. The van der Waals surface area contributed by atoms with Crippen LogP contribution in [0, 0.1) is 0 Å². The van der Waals surface area contributed by atoms with Gasteiger partial charge in [-0.1, -0.05) is 0 Å². The molecule has 0 saturated carbocycles. The lowest BCUT2D eigenvalue weighted by atomic mass is 10.2. The maximum absolute atomic E-state index is 12.1. The molecule has 86 valence electrons. The largest absolute Gasteiger partial charge is 0.401 e. The summed E-state index contributed by atoms with van der Waals surface area (Å²) in [7, 11) is 0. The molecule has 0 bridgehead atoms. The Morgan fingerprint density at radius 1 is 1.21 bits per heavy atom. The van der Waals surface area contributed by atoms with Crippen LogP contribution in [0.3, 0.4) is 0 Å². The topological polar surface area (TPSA) is 23.5 Å². The van der Waals surface area contributed by atoms with E-state index < -0.39 is 18.8 Å². The van der Waals surface area contributed by atoms with Crippen LogP contribution in [-0.2, 0) is 0 Å². The number of halogens is 3. The second-order valence-corrected chi connectivity index (χ2v) is 3.82. The summed E-state index contributed by atoms with van der Waals surface area (Å²) in [6, 6.07) is -0.157. The number of alkyl halides is 3. The lowest BCUT2D eigenvalue weighted by Gasteiger charge is -2.27. The number of nitrogens with zero attached hydrogens (tertiary/aromatic N) is 1. The molecule has 0 aromatic heterocycles. The van der Waals surface area contributed by atoms with Gasteiger partial charge in [-0.25, -0.2) is 0 Å². The Kier molecular flexibility index (Phi) is 5.44. The summed E-state index contributed by atoms with van der Waals surface area (Å²) >= 11 is 0. The average Bonchev–Trinajstić information content (AvgIpc) is 1.94. The predicted molar refractivity (Wildman–Crippen MR) is 49.1 cm³/mol. The number of aliphatic hydroxyl groups excluding tert-OH is 1. The van der Waals surface area contributed by atoms with E-state index in [-0.39, 0.29) is 12.6 Å². The predicted octanol–water partition coefficient (Wildman–Crippen LogP) is 2.03. The zero-order valence-corrected chi connectivity index (χ0v) is 8.80. The first-order chi connectivity index (χ1) is 6.22. The Labute approximate surface area is 82.7 Å². The number of hydrogen-bond donors (Lipinski definition) is 1. The van der Waals surface area contributed by atoms with Crippen molar-refractivity contribution < 1.29 is 18.3 Å². The van der Waals surface area contributed by atoms with Crippen molar-refractivity contribution >= 4 is 0 Å². The fourth-order valence-corrected chi connectivity index (χ4v) is 1.10. The highest BCUT2D eigenvalue weighted by molar-refractivity contribution is 4.68. The van der Waals surface area contributed by atoms with E-state index >= 15 is 0 Å². The summed E-state index contributed by atoms with van der Waals surface area (Å²) in [5, 5.41) is 8.97. The van der Waals surface area contributed by atoms with Crippen LogP contribution in [0.2, 0.25) is 0 Å². The van der Waals surface area contributed by atoms with Crippen LogP contribution in [0.15, 0.2) is 0 Å². The molecular formula is C9H18F3NO. The summed E-state index contributed by atoms with van der Waals surface area (Å²) in [6.07, 6.45) is -4.35. The Hall–Kier alpha value is -0.290. The van der Waals surface area contributed by atoms with Gasteiger partial charge in [0.15, 0.2) is 0 Å². The molecule has 0 aromatic carbocycles. The third-order valence-electron chi connectivity index (χ3n) is 1.95. The molecule has 1 unspecified atom stereocenters. The average molecular weight is 213 g/mol. The van der Waals surface area contributed by atoms with Gasteiger partial charge in [-0.05, 0) is 27.2 Å². The molecule has 0 rings (SSSR count). The third-order valence-corrected chi connectivity index (χ3v) is 1.95. The van der Waals surface area contributed by atoms with E-state index in [9.17, 15) is 13.2 Å². The first kappa shape index (κ1) is 13.7. The van der Waals surface area contributed by atoms with E-state index in [1.165, 1.54) is 4.90 Å². The molecule has 0 saturated heterocycles. The number of aliphatic hydroxyl groups is 1. The van der Waals surface area contributed by atoms with Crippen molar-refractivity contribution in [3.05, 3.63) is 0 Å². The minimum atomic E-state index is -4.16. The van der Waals surface area contributed by atoms with Crippen molar-refractivity contribution in [2.45, 2.75) is 45.5 Å². The van der Waals surface area contributed by atoms with Crippen molar-refractivity contribution in [3.8, 4) is 0 Å². The van der Waals surface area contributed by atoms with Crippen molar-refractivity contribution in [1.29, 1.82) is 0 Å². The number of hydrogen-bond acceptors (Lipinski definition) is 2. The lowest BCUT2D eigenvalue weighted by molar-refractivity contribution is -0.150. The first-order valence-corrected chi connectivity index (χ1v) is 4.71. The highest BCUT2D eigenvalue weighted by Crippen LogP contribution is 2.18. The van der Waals surface area contributed by atoms with E-state index in [2.05, 4.69) is 0 Å². The molecule has 0 radical (unpaired) electrons. The summed E-state index contributed by atoms with van der Waals surface area (Å²) in [5.41, 5.74) is 0. The molecule has 0 aliphatic rings. The van der Waals surface area contributed by atoms with Crippen LogP contribution in [0.1, 0.15) is 27.2 Å². The maximum Gasteiger partial charge on any atom is 0.401 e. The quantitative estimate of drug-likeness (QED) is 0.755. The normalized spacial score (nSPS) is 15.2. The first-order valence-electron chi connectivity index (χ1n) is 4.71. The molecule has 0 heterocycles. The molecule has 0 aliphatic heterocycles. The lowest BCUT2D eigenvalue weighted by Crippen LogP contribution is -2.40. The van der Waals surface area contributed by atoms with Crippen LogP contribution < -0.4 is 0 Å². The molecule has 2 nitrogen and oxygen atoms in total. The minimum absolute atomic E-state index is 0.157. The zero-order valence-electron chi connectivity index (χ0n) is 8.80. The van der Waals surface area contributed by atoms with E-state index in [1.807, 2.05) is 0 Å². The summed E-state index contributed by atoms with van der Waals surface area (Å²) in [4.78, 5) is 1.31. The monoisotopic (exact) mass is 213 g/mol. The Balaban J connectivity index is 4.03. The van der Waals surface area contributed by atoms with E-state index in [1.54, 1.807) is 20.8 Å². The Morgan fingerprint density at radius 2 is 1.71 bits per heavy atom. The Morgan fingerprint density at radius 3 is 2.00 bits per heavy atom. The van der Waals surface area contributed by atoms with Gasteiger partial charge in [-0.2, -0.15) is 13.2 Å². The van der Waals surface area contributed by atoms with Gasteiger partial charge in [-0.15, -0.1) is 0 Å². The zero-order chi connectivity index (χ0) is 11.4. The highest BCUT2D eigenvalue weighted by Gasteiger charge is 2.31. The third kappa shape index (κ3) is 7.15. The maximum atomic E-state index is 12.1. The molecule has 14 heavy (non-hydrogen) atoms. The molecule has 0 aliphatic carbocycles. The molecule has 1 N–H and O–H groups in total. The van der Waals surface area contributed by atoms with Gasteiger partial charge in [0.2, 0.25) is 0 Å². The van der Waals surface area contributed by atoms with E-state index in [0.29, 0.717) is 6.42 Å². The fourth-order valence-electron chi connectivity index (χ4n) is 1.10. The summed E-state index contributed by atoms with van der Waals surface area (Å²) in [5.74, 6) is 0. The minimum Gasteiger partial charge on any atom is -0.393 e. The summed E-state index contributed by atoms with van der Waals surface area (Å²) in [6.45, 7) is 4.37. The molecule has 0 spiro atoms. The summed E-state index contributed by atoms with van der Waals surface area (Å²) < 4.78 is 36.3. The van der Waals surface area contributed by atoms with Crippen molar-refractivity contribution in [3.63, 3.8) is 0 Å². The van der Waals surface area contributed by atoms with Crippen molar-refractivity contribution in [2.75, 3.05) is 13.1 Å². The standard InChI is InChI=1S/C9H18F3NO/c1-7(2)13(5-4-8(3)14)6-9(10,11)12/h7-8,14H,4-6H2,1-3H3. The SMILES string of the molecule is CC(O)CCN(CC(F)(F)F)C(C)C. The van der Waals surface area contributed by atoms with Gasteiger partial charge in [0.25, 0.3) is 0 Å². The Bertz CT molecular complexity index is 157. The second-order valence-electron chi connectivity index (χ2n) is 3.82. The second kappa shape index (κ2) is 5.56. The van der Waals surface area contributed by atoms with Crippen LogP contribution in [-0.4, -0.2) is 41.4 Å². The van der Waals surface area contributed by atoms with Gasteiger partial charge >= 0.3 is 6.18 Å². The van der Waals surface area contributed by atoms with Crippen LogP contribution >= 0.6 is 0 Å². The van der Waals surface area contributed by atoms with Crippen molar-refractivity contribution in [1.82, 2.24) is 4.90 Å². The van der Waals surface area contributed by atoms with Gasteiger partial charge in [0.1, 0.15) is 0 Å². The van der Waals surface area contributed by atoms with Gasteiger partial charge in [0.05, 0.1) is 12.6 Å². The van der Waals surface area contributed by atoms with E-state index in [0.717, 1.165) is 0 Å². The molecular weight excluding hydrogens is 195 g/mol.